The Morgan fingerprint density at radius 2 is 1.12 bits per heavy atom. The largest absolute Gasteiger partial charge is 0.341 e. The molecule has 0 fully saturated rings. The predicted molar refractivity (Wildman–Crippen MR) is 217 cm³/mol. The van der Waals surface area contributed by atoms with E-state index in [1.165, 1.54) is 156 Å². The van der Waals surface area contributed by atoms with Gasteiger partial charge in [-0.25, -0.2) is 0 Å². The average molecular weight is 666 g/mol. The highest BCUT2D eigenvalue weighted by Crippen LogP contribution is 2.49. The van der Waals surface area contributed by atoms with Crippen molar-refractivity contribution in [2.24, 2.45) is 0 Å². The molecule has 1 unspecified atom stereocenters. The fraction of sp³-hybridized carbons (Fsp3) is 0.638. The first kappa shape index (κ1) is 39.2. The van der Waals surface area contributed by atoms with Crippen molar-refractivity contribution in [3.63, 3.8) is 0 Å². The summed E-state index contributed by atoms with van der Waals surface area (Å²) >= 11 is 0. The summed E-state index contributed by atoms with van der Waals surface area (Å²) in [6, 6.07) is 18.8. The quantitative estimate of drug-likeness (QED) is 0.0846. The Hall–Kier alpha value is -2.61. The van der Waals surface area contributed by atoms with Gasteiger partial charge in [-0.3, -0.25) is 0 Å². The molecule has 2 heteroatoms. The summed E-state index contributed by atoms with van der Waals surface area (Å²) in [5.74, 6) is 0. The molecule has 0 aromatic heterocycles. The third-order valence-electron chi connectivity index (χ3n) is 11.7. The van der Waals surface area contributed by atoms with Crippen molar-refractivity contribution in [1.29, 1.82) is 0 Å². The van der Waals surface area contributed by atoms with Crippen LogP contribution in [-0.2, 0) is 10.8 Å². The molecule has 49 heavy (non-hydrogen) atoms. The van der Waals surface area contributed by atoms with E-state index in [1.807, 2.05) is 0 Å². The van der Waals surface area contributed by atoms with Gasteiger partial charge < -0.3 is 4.90 Å². The minimum absolute atomic E-state index is 0.0121. The first-order valence-corrected chi connectivity index (χ1v) is 20.8. The number of nitrogens with zero attached hydrogens (tertiary/aromatic N) is 2. The molecule has 0 amide bonds. The fourth-order valence-electron chi connectivity index (χ4n) is 8.62. The molecule has 0 aliphatic carbocycles. The Morgan fingerprint density at radius 3 is 1.73 bits per heavy atom. The maximum atomic E-state index is 2.68. The van der Waals surface area contributed by atoms with Gasteiger partial charge >= 0.3 is 0 Å². The van der Waals surface area contributed by atoms with Gasteiger partial charge in [0.25, 0.3) is 0 Å². The Kier molecular flexibility index (Phi) is 15.7. The third-order valence-corrected chi connectivity index (χ3v) is 11.7. The number of anilines is 1. The van der Waals surface area contributed by atoms with Gasteiger partial charge in [0.15, 0.2) is 5.71 Å². The van der Waals surface area contributed by atoms with Gasteiger partial charge in [-0.15, -0.1) is 0 Å². The van der Waals surface area contributed by atoms with E-state index in [0.29, 0.717) is 6.04 Å². The van der Waals surface area contributed by atoms with Crippen molar-refractivity contribution in [2.75, 3.05) is 11.4 Å². The zero-order valence-electron chi connectivity index (χ0n) is 33.0. The van der Waals surface area contributed by atoms with E-state index in [1.54, 1.807) is 0 Å². The Labute approximate surface area is 303 Å². The van der Waals surface area contributed by atoms with E-state index in [9.17, 15) is 0 Å². The summed E-state index contributed by atoms with van der Waals surface area (Å²) < 4.78 is 2.65. The summed E-state index contributed by atoms with van der Waals surface area (Å²) in [7, 11) is 0. The van der Waals surface area contributed by atoms with Crippen LogP contribution in [0.25, 0.3) is 0 Å². The molecule has 270 valence electrons. The fourth-order valence-corrected chi connectivity index (χ4v) is 8.62. The smallest absolute Gasteiger partial charge is 0.209 e. The number of hydrogen-bond donors (Lipinski definition) is 0. The van der Waals surface area contributed by atoms with Gasteiger partial charge in [-0.1, -0.05) is 173 Å². The van der Waals surface area contributed by atoms with Crippen LogP contribution in [0.4, 0.5) is 11.4 Å². The molecule has 2 aromatic rings. The van der Waals surface area contributed by atoms with Crippen LogP contribution >= 0.6 is 0 Å². The molecule has 1 atom stereocenters. The van der Waals surface area contributed by atoms with Crippen molar-refractivity contribution >= 4 is 17.1 Å². The lowest BCUT2D eigenvalue weighted by Gasteiger charge is -2.32. The van der Waals surface area contributed by atoms with E-state index >= 15 is 0 Å². The van der Waals surface area contributed by atoms with Crippen molar-refractivity contribution in [1.82, 2.24) is 0 Å². The van der Waals surface area contributed by atoms with Crippen molar-refractivity contribution in [2.45, 2.75) is 187 Å². The molecule has 0 saturated carbocycles. The average Bonchev–Trinajstić information content (AvgIpc) is 3.45. The molecular weight excluding hydrogens is 593 g/mol. The van der Waals surface area contributed by atoms with Crippen molar-refractivity contribution in [3.8, 4) is 0 Å². The number of fused-ring (bicyclic) bond motifs is 2. The summed E-state index contributed by atoms with van der Waals surface area (Å²) in [5.41, 5.74) is 8.57. The van der Waals surface area contributed by atoms with Crippen LogP contribution < -0.4 is 4.90 Å². The van der Waals surface area contributed by atoms with Crippen LogP contribution in [0.15, 0.2) is 72.5 Å². The van der Waals surface area contributed by atoms with Crippen molar-refractivity contribution in [3.05, 3.63) is 83.6 Å². The lowest BCUT2D eigenvalue weighted by Crippen LogP contribution is -2.33. The molecule has 4 rings (SSSR count). The minimum atomic E-state index is -0.0248. The molecule has 0 saturated heterocycles. The topological polar surface area (TPSA) is 6.25 Å². The molecule has 2 heterocycles. The molecule has 0 spiro atoms. The number of benzene rings is 2. The predicted octanol–water partition coefficient (Wildman–Crippen LogP) is 14.1. The minimum Gasteiger partial charge on any atom is -0.341 e. The zero-order chi connectivity index (χ0) is 35.1. The monoisotopic (exact) mass is 666 g/mol. The summed E-state index contributed by atoms with van der Waals surface area (Å²) in [4.78, 5) is 2.68. The van der Waals surface area contributed by atoms with Crippen molar-refractivity contribution < 1.29 is 4.58 Å². The first-order valence-electron chi connectivity index (χ1n) is 20.8. The lowest BCUT2D eigenvalue weighted by atomic mass is 9.81. The highest BCUT2D eigenvalue weighted by Gasteiger charge is 2.44. The first-order chi connectivity index (χ1) is 23.7. The molecule has 0 N–H and O–H groups in total. The summed E-state index contributed by atoms with van der Waals surface area (Å²) in [5, 5.41) is 0. The second-order valence-electron chi connectivity index (χ2n) is 16.4. The van der Waals surface area contributed by atoms with Gasteiger partial charge in [-0.05, 0) is 51.3 Å². The van der Waals surface area contributed by atoms with E-state index in [2.05, 4.69) is 125 Å². The van der Waals surface area contributed by atoms with Crippen LogP contribution in [0.3, 0.4) is 0 Å². The second-order valence-corrected chi connectivity index (χ2v) is 16.4. The van der Waals surface area contributed by atoms with Gasteiger partial charge in [-0.2, -0.15) is 4.58 Å². The van der Waals surface area contributed by atoms with Gasteiger partial charge in [0.2, 0.25) is 5.69 Å². The molecule has 2 nitrogen and oxygen atoms in total. The lowest BCUT2D eigenvalue weighted by molar-refractivity contribution is -0.438. The second kappa shape index (κ2) is 19.7. The third kappa shape index (κ3) is 10.2. The zero-order valence-corrected chi connectivity index (χ0v) is 33.0. The molecule has 2 aliphatic heterocycles. The molecule has 2 aromatic carbocycles. The molecule has 0 radical (unpaired) electrons. The SMILES string of the molecule is CCCCCCCCCCCC[N+]1=C(C=CC=C2N(C(C)CCCCCCCCCC)c3ccccc3C2(C)C)C(C)(C)c2ccccc21. The Bertz CT molecular complexity index is 1370. The normalized spacial score (nSPS) is 17.8. The highest BCUT2D eigenvalue weighted by molar-refractivity contribution is 6.03. The Balaban J connectivity index is 1.47. The number of hydrogen-bond acceptors (Lipinski definition) is 1. The van der Waals surface area contributed by atoms with Crippen LogP contribution in [0.5, 0.6) is 0 Å². The van der Waals surface area contributed by atoms with Gasteiger partial charge in [0.1, 0.15) is 6.54 Å². The van der Waals surface area contributed by atoms with E-state index < -0.39 is 0 Å². The van der Waals surface area contributed by atoms with Gasteiger partial charge in [0.05, 0.1) is 5.41 Å². The maximum Gasteiger partial charge on any atom is 0.209 e. The number of allylic oxidation sites excluding steroid dienone is 4. The number of unbranched alkanes of at least 4 members (excludes halogenated alkanes) is 16. The standard InChI is InChI=1S/C47H73N2/c1-8-10-12-14-16-18-19-21-23-29-38-48-42-34-27-25-32-40(42)46(4,5)44(48)36-30-37-45-47(6,7)41-33-26-28-35-43(41)49(45)39(3)31-24-22-20-17-15-13-11-9-2/h25-28,30,32-37,39H,8-24,29,31,38H2,1-7H3/q+1. The van der Waals surface area contributed by atoms with Crippen LogP contribution in [0.1, 0.15) is 182 Å². The van der Waals surface area contributed by atoms with E-state index in [0.717, 1.165) is 6.54 Å². The van der Waals surface area contributed by atoms with Crippen LogP contribution in [-0.4, -0.2) is 22.9 Å². The van der Waals surface area contributed by atoms with E-state index in [4.69, 9.17) is 0 Å². The number of rotatable bonds is 23. The molecule has 2 aliphatic rings. The molecular formula is C47H73N2+. The summed E-state index contributed by atoms with van der Waals surface area (Å²) in [6.07, 6.45) is 33.3. The highest BCUT2D eigenvalue weighted by atomic mass is 15.2. The maximum absolute atomic E-state index is 2.68. The van der Waals surface area contributed by atoms with Crippen LogP contribution in [0.2, 0.25) is 0 Å². The summed E-state index contributed by atoms with van der Waals surface area (Å²) in [6.45, 7) is 17.9. The van der Waals surface area contributed by atoms with E-state index in [-0.39, 0.29) is 10.8 Å². The van der Waals surface area contributed by atoms with Gasteiger partial charge in [0, 0.05) is 47.0 Å². The van der Waals surface area contributed by atoms with Crippen LogP contribution in [0, 0.1) is 0 Å². The Morgan fingerprint density at radius 1 is 0.612 bits per heavy atom. The number of para-hydroxylation sites is 2. The molecule has 0 bridgehead atoms.